The number of hydrogen-bond donors (Lipinski definition) is 2. The van der Waals surface area contributed by atoms with E-state index in [4.69, 9.17) is 5.11 Å². The highest BCUT2D eigenvalue weighted by Crippen LogP contribution is 2.30. The Morgan fingerprint density at radius 2 is 1.59 bits per heavy atom. The minimum Gasteiger partial charge on any atom is -0.481 e. The molecule has 2 N–H and O–H groups in total. The fourth-order valence-corrected chi connectivity index (χ4v) is 2.79. The van der Waals surface area contributed by atoms with Crippen LogP contribution in [-0.4, -0.2) is 46.2 Å². The predicted molar refractivity (Wildman–Crippen MR) is 60.3 cm³/mol. The number of aliphatic hydroxyl groups excluding tert-OH is 1. The topological polar surface area (TPSA) is 77.8 Å². The lowest BCUT2D eigenvalue weighted by molar-refractivity contribution is -0.145. The van der Waals surface area contributed by atoms with E-state index in [0.717, 1.165) is 0 Å². The maximum Gasteiger partial charge on any atom is 0.306 e. The first-order valence-corrected chi connectivity index (χ1v) is 6.27. The van der Waals surface area contributed by atoms with Gasteiger partial charge in [-0.15, -0.1) is 0 Å². The lowest BCUT2D eigenvalue weighted by Crippen LogP contribution is -2.37. The third-order valence-electron chi connectivity index (χ3n) is 3.90. The number of amides is 1. The Kier molecular flexibility index (Phi) is 3.66. The summed E-state index contributed by atoms with van der Waals surface area (Å²) in [6, 6.07) is 0. The van der Waals surface area contributed by atoms with Gasteiger partial charge in [-0.3, -0.25) is 9.59 Å². The second-order valence-corrected chi connectivity index (χ2v) is 5.11. The van der Waals surface area contributed by atoms with Crippen LogP contribution < -0.4 is 0 Å². The van der Waals surface area contributed by atoms with Crippen molar-refractivity contribution < 1.29 is 19.8 Å². The molecule has 1 aliphatic heterocycles. The van der Waals surface area contributed by atoms with Crippen LogP contribution in [-0.2, 0) is 9.59 Å². The molecule has 0 aromatic heterocycles. The van der Waals surface area contributed by atoms with Gasteiger partial charge in [0.1, 0.15) is 0 Å². The summed E-state index contributed by atoms with van der Waals surface area (Å²) in [6.45, 7) is 1.08. The quantitative estimate of drug-likeness (QED) is 0.736. The SMILES string of the molecule is O=C(O)C1CCC(C(=O)N2CCC(O)C2)CC1. The second-order valence-electron chi connectivity index (χ2n) is 5.11. The van der Waals surface area contributed by atoms with Crippen LogP contribution in [0.3, 0.4) is 0 Å². The largest absolute Gasteiger partial charge is 0.481 e. The molecule has 96 valence electrons. The van der Waals surface area contributed by atoms with Crippen LogP contribution in [0, 0.1) is 11.8 Å². The number of likely N-dealkylation sites (tertiary alicyclic amines) is 1. The number of β-amino-alcohol motifs (C(OH)–C–C–N with tert-alkyl or cyclic N) is 1. The summed E-state index contributed by atoms with van der Waals surface area (Å²) in [5, 5.41) is 18.3. The molecule has 17 heavy (non-hydrogen) atoms. The molecular weight excluding hydrogens is 222 g/mol. The van der Waals surface area contributed by atoms with Crippen molar-refractivity contribution in [2.45, 2.75) is 38.2 Å². The monoisotopic (exact) mass is 241 g/mol. The van der Waals surface area contributed by atoms with Gasteiger partial charge in [0.15, 0.2) is 0 Å². The van der Waals surface area contributed by atoms with Gasteiger partial charge in [0, 0.05) is 19.0 Å². The standard InChI is InChI=1S/C12H19NO4/c14-10-5-6-13(7-10)11(15)8-1-3-9(4-2-8)12(16)17/h8-10,14H,1-7H2,(H,16,17). The van der Waals surface area contributed by atoms with E-state index in [1.165, 1.54) is 0 Å². The molecule has 0 aromatic rings. The molecule has 1 amide bonds. The number of aliphatic hydroxyl groups is 1. The van der Waals surface area contributed by atoms with Crippen molar-refractivity contribution in [3.8, 4) is 0 Å². The fraction of sp³-hybridized carbons (Fsp3) is 0.833. The molecule has 2 aliphatic rings. The van der Waals surface area contributed by atoms with Gasteiger partial charge >= 0.3 is 5.97 Å². The molecule has 1 unspecified atom stereocenters. The molecule has 0 radical (unpaired) electrons. The molecular formula is C12H19NO4. The Morgan fingerprint density at radius 1 is 1.00 bits per heavy atom. The van der Waals surface area contributed by atoms with E-state index in [1.807, 2.05) is 0 Å². The number of carboxylic acids is 1. The minimum absolute atomic E-state index is 0.0316. The van der Waals surface area contributed by atoms with Crippen LogP contribution in [0.15, 0.2) is 0 Å². The zero-order valence-electron chi connectivity index (χ0n) is 9.84. The molecule has 1 saturated heterocycles. The summed E-state index contributed by atoms with van der Waals surface area (Å²) < 4.78 is 0. The van der Waals surface area contributed by atoms with Gasteiger partial charge in [-0.2, -0.15) is 0 Å². The minimum atomic E-state index is -0.743. The molecule has 5 heteroatoms. The number of carboxylic acid groups (broad SMARTS) is 1. The van der Waals surface area contributed by atoms with E-state index < -0.39 is 5.97 Å². The summed E-state index contributed by atoms with van der Waals surface area (Å²) in [6.07, 6.45) is 2.82. The van der Waals surface area contributed by atoms with Gasteiger partial charge in [-0.1, -0.05) is 0 Å². The zero-order valence-corrected chi connectivity index (χ0v) is 9.84. The molecule has 0 aromatic carbocycles. The number of carbonyl (C=O) groups is 2. The number of aliphatic carboxylic acids is 1. The normalized spacial score (nSPS) is 33.7. The van der Waals surface area contributed by atoms with Crippen molar-refractivity contribution in [3.63, 3.8) is 0 Å². The summed E-state index contributed by atoms with van der Waals surface area (Å²) in [4.78, 5) is 24.6. The highest BCUT2D eigenvalue weighted by atomic mass is 16.4. The number of hydrogen-bond acceptors (Lipinski definition) is 3. The molecule has 5 nitrogen and oxygen atoms in total. The highest BCUT2D eigenvalue weighted by molar-refractivity contribution is 5.79. The van der Waals surface area contributed by atoms with Crippen LogP contribution in [0.1, 0.15) is 32.1 Å². The van der Waals surface area contributed by atoms with E-state index in [0.29, 0.717) is 45.2 Å². The number of rotatable bonds is 2. The predicted octanol–water partition coefficient (Wildman–Crippen LogP) is 0.471. The van der Waals surface area contributed by atoms with Crippen molar-refractivity contribution in [3.05, 3.63) is 0 Å². The Bertz CT molecular complexity index is 310. The number of nitrogens with zero attached hydrogens (tertiary/aromatic N) is 1. The van der Waals surface area contributed by atoms with Crippen LogP contribution in [0.5, 0.6) is 0 Å². The number of carbonyl (C=O) groups excluding carboxylic acids is 1. The van der Waals surface area contributed by atoms with E-state index in [-0.39, 0.29) is 23.8 Å². The van der Waals surface area contributed by atoms with Gasteiger partial charge in [0.05, 0.1) is 12.0 Å². The van der Waals surface area contributed by atoms with Crippen LogP contribution in [0.2, 0.25) is 0 Å². The fourth-order valence-electron chi connectivity index (χ4n) is 2.79. The Hall–Kier alpha value is -1.10. The molecule has 0 bridgehead atoms. The van der Waals surface area contributed by atoms with Crippen molar-refractivity contribution >= 4 is 11.9 Å². The molecule has 0 spiro atoms. The lowest BCUT2D eigenvalue weighted by atomic mass is 9.81. The van der Waals surface area contributed by atoms with E-state index in [1.54, 1.807) is 4.90 Å². The van der Waals surface area contributed by atoms with E-state index >= 15 is 0 Å². The molecule has 1 atom stereocenters. The van der Waals surface area contributed by atoms with Crippen LogP contribution >= 0.6 is 0 Å². The van der Waals surface area contributed by atoms with Crippen molar-refractivity contribution in [2.75, 3.05) is 13.1 Å². The van der Waals surface area contributed by atoms with Gasteiger partial charge in [-0.25, -0.2) is 0 Å². The highest BCUT2D eigenvalue weighted by Gasteiger charge is 2.34. The lowest BCUT2D eigenvalue weighted by Gasteiger charge is -2.28. The van der Waals surface area contributed by atoms with Crippen LogP contribution in [0.25, 0.3) is 0 Å². The van der Waals surface area contributed by atoms with Crippen molar-refractivity contribution in [2.24, 2.45) is 11.8 Å². The van der Waals surface area contributed by atoms with Crippen LogP contribution in [0.4, 0.5) is 0 Å². The molecule has 1 heterocycles. The second kappa shape index (κ2) is 5.04. The summed E-state index contributed by atoms with van der Waals surface area (Å²) in [7, 11) is 0. The van der Waals surface area contributed by atoms with E-state index in [9.17, 15) is 14.7 Å². The Balaban J connectivity index is 1.84. The molecule has 1 saturated carbocycles. The molecule has 2 fully saturated rings. The average molecular weight is 241 g/mol. The Labute approximate surface area is 100 Å². The molecule has 1 aliphatic carbocycles. The van der Waals surface area contributed by atoms with E-state index in [2.05, 4.69) is 0 Å². The third kappa shape index (κ3) is 2.77. The first kappa shape index (κ1) is 12.4. The summed E-state index contributed by atoms with van der Waals surface area (Å²) >= 11 is 0. The third-order valence-corrected chi connectivity index (χ3v) is 3.90. The smallest absolute Gasteiger partial charge is 0.306 e. The van der Waals surface area contributed by atoms with Gasteiger partial charge in [0.2, 0.25) is 5.91 Å². The average Bonchev–Trinajstić information content (AvgIpc) is 2.75. The maximum atomic E-state index is 12.1. The first-order valence-electron chi connectivity index (χ1n) is 6.27. The first-order chi connectivity index (χ1) is 8.08. The van der Waals surface area contributed by atoms with Gasteiger partial charge in [0.25, 0.3) is 0 Å². The summed E-state index contributed by atoms with van der Waals surface area (Å²) in [5.74, 6) is -0.947. The maximum absolute atomic E-state index is 12.1. The molecule has 2 rings (SSSR count). The zero-order chi connectivity index (χ0) is 12.4. The van der Waals surface area contributed by atoms with Gasteiger partial charge < -0.3 is 15.1 Å². The van der Waals surface area contributed by atoms with Crippen molar-refractivity contribution in [1.82, 2.24) is 4.90 Å². The Morgan fingerprint density at radius 3 is 2.06 bits per heavy atom. The summed E-state index contributed by atoms with van der Waals surface area (Å²) in [5.41, 5.74) is 0. The van der Waals surface area contributed by atoms with Gasteiger partial charge in [-0.05, 0) is 32.1 Å². The van der Waals surface area contributed by atoms with Crippen molar-refractivity contribution in [1.29, 1.82) is 0 Å².